The minimum atomic E-state index is -0.216. The van der Waals surface area contributed by atoms with Crippen molar-refractivity contribution in [2.45, 2.75) is 13.5 Å². The van der Waals surface area contributed by atoms with Crippen molar-refractivity contribution in [2.24, 2.45) is 0 Å². The number of hydrogen-bond acceptors (Lipinski definition) is 3. The molecule has 2 heterocycles. The number of aromatic nitrogens is 1. The molecule has 0 spiro atoms. The fraction of sp³-hybridized carbons (Fsp3) is 0.167. The van der Waals surface area contributed by atoms with E-state index in [-0.39, 0.29) is 16.2 Å². The minimum absolute atomic E-state index is 0.208. The van der Waals surface area contributed by atoms with Gasteiger partial charge in [0.25, 0.3) is 5.91 Å². The van der Waals surface area contributed by atoms with E-state index in [1.54, 1.807) is 11.3 Å². The second-order valence-corrected chi connectivity index (χ2v) is 5.84. The van der Waals surface area contributed by atoms with Gasteiger partial charge in [-0.05, 0) is 31.2 Å². The zero-order valence-electron chi connectivity index (χ0n) is 9.54. The largest absolute Gasteiger partial charge is 0.347 e. The molecule has 0 aliphatic carbocycles. The maximum Gasteiger partial charge on any atom is 0.251 e. The van der Waals surface area contributed by atoms with Crippen molar-refractivity contribution >= 4 is 40.4 Å². The van der Waals surface area contributed by atoms with Gasteiger partial charge in [-0.1, -0.05) is 23.2 Å². The second-order valence-electron chi connectivity index (χ2n) is 3.70. The molecular weight excluding hydrogens is 291 g/mol. The van der Waals surface area contributed by atoms with Crippen LogP contribution in [0.4, 0.5) is 0 Å². The van der Waals surface area contributed by atoms with Gasteiger partial charge in [0.1, 0.15) is 10.3 Å². The topological polar surface area (TPSA) is 42.0 Å². The number of nitrogens with one attached hydrogen (secondary N) is 1. The Morgan fingerprint density at radius 3 is 2.56 bits per heavy atom. The van der Waals surface area contributed by atoms with Crippen molar-refractivity contribution < 1.29 is 4.79 Å². The van der Waals surface area contributed by atoms with E-state index in [0.717, 1.165) is 4.88 Å². The lowest BCUT2D eigenvalue weighted by molar-refractivity contribution is 0.0951. The molecule has 0 saturated heterocycles. The van der Waals surface area contributed by atoms with Gasteiger partial charge >= 0.3 is 0 Å². The molecular formula is C12H10Cl2N2OS. The standard InChI is InChI=1S/C12H10Cl2N2OS/c1-7-2-3-9(18-7)6-15-12(17)8-4-10(13)16-11(14)5-8/h2-5H,6H2,1H3,(H,15,17). The third-order valence-corrected chi connectivity index (χ3v) is 3.63. The van der Waals surface area contributed by atoms with Gasteiger partial charge in [0.05, 0.1) is 6.54 Å². The van der Waals surface area contributed by atoms with Gasteiger partial charge in [-0.2, -0.15) is 0 Å². The number of rotatable bonds is 3. The third kappa shape index (κ3) is 3.45. The summed E-state index contributed by atoms with van der Waals surface area (Å²) in [6.07, 6.45) is 0. The highest BCUT2D eigenvalue weighted by atomic mass is 35.5. The average Bonchev–Trinajstić information content (AvgIpc) is 2.70. The molecule has 0 unspecified atom stereocenters. The number of nitrogens with zero attached hydrogens (tertiary/aromatic N) is 1. The average molecular weight is 301 g/mol. The van der Waals surface area contributed by atoms with Gasteiger partial charge in [0.2, 0.25) is 0 Å². The highest BCUT2D eigenvalue weighted by Crippen LogP contribution is 2.16. The Bertz CT molecular complexity index is 563. The van der Waals surface area contributed by atoms with Crippen LogP contribution in [-0.2, 0) is 6.54 Å². The Morgan fingerprint density at radius 2 is 2.00 bits per heavy atom. The molecule has 0 aliphatic rings. The molecule has 2 rings (SSSR count). The van der Waals surface area contributed by atoms with E-state index in [1.165, 1.54) is 17.0 Å². The van der Waals surface area contributed by atoms with Gasteiger partial charge in [-0.3, -0.25) is 4.79 Å². The number of amides is 1. The van der Waals surface area contributed by atoms with Crippen LogP contribution < -0.4 is 5.32 Å². The highest BCUT2D eigenvalue weighted by molar-refractivity contribution is 7.11. The van der Waals surface area contributed by atoms with Crippen LogP contribution in [0.15, 0.2) is 24.3 Å². The number of aryl methyl sites for hydroxylation is 1. The number of halogens is 2. The lowest BCUT2D eigenvalue weighted by atomic mass is 10.2. The van der Waals surface area contributed by atoms with Crippen molar-refractivity contribution in [3.63, 3.8) is 0 Å². The van der Waals surface area contributed by atoms with Gasteiger partial charge in [0, 0.05) is 15.3 Å². The van der Waals surface area contributed by atoms with E-state index >= 15 is 0 Å². The second kappa shape index (κ2) is 5.69. The monoisotopic (exact) mass is 300 g/mol. The number of hydrogen-bond donors (Lipinski definition) is 1. The molecule has 0 aliphatic heterocycles. The Kier molecular flexibility index (Phi) is 4.22. The summed E-state index contributed by atoms with van der Waals surface area (Å²) in [5.74, 6) is -0.216. The Morgan fingerprint density at radius 1 is 1.33 bits per heavy atom. The molecule has 94 valence electrons. The quantitative estimate of drug-likeness (QED) is 0.879. The summed E-state index contributed by atoms with van der Waals surface area (Å²) in [5.41, 5.74) is 0.410. The van der Waals surface area contributed by atoms with Gasteiger partial charge in [0.15, 0.2) is 0 Å². The van der Waals surface area contributed by atoms with Crippen LogP contribution in [-0.4, -0.2) is 10.9 Å². The summed E-state index contributed by atoms with van der Waals surface area (Å²) < 4.78 is 0. The highest BCUT2D eigenvalue weighted by Gasteiger charge is 2.08. The number of carbonyl (C=O) groups excluding carboxylic acids is 1. The first-order valence-electron chi connectivity index (χ1n) is 5.21. The summed E-state index contributed by atoms with van der Waals surface area (Å²) in [4.78, 5) is 18.0. The van der Waals surface area contributed by atoms with Crippen LogP contribution in [0.2, 0.25) is 10.3 Å². The van der Waals surface area contributed by atoms with Crippen LogP contribution in [0.1, 0.15) is 20.1 Å². The van der Waals surface area contributed by atoms with Crippen molar-refractivity contribution in [1.82, 2.24) is 10.3 Å². The predicted molar refractivity (Wildman–Crippen MR) is 74.5 cm³/mol. The van der Waals surface area contributed by atoms with E-state index < -0.39 is 0 Å². The molecule has 0 bridgehead atoms. The van der Waals surface area contributed by atoms with E-state index in [2.05, 4.69) is 10.3 Å². The van der Waals surface area contributed by atoms with E-state index in [1.807, 2.05) is 19.1 Å². The molecule has 3 nitrogen and oxygen atoms in total. The van der Waals surface area contributed by atoms with Crippen LogP contribution in [0.5, 0.6) is 0 Å². The molecule has 6 heteroatoms. The first-order valence-corrected chi connectivity index (χ1v) is 6.78. The fourth-order valence-electron chi connectivity index (χ4n) is 1.45. The molecule has 0 atom stereocenters. The van der Waals surface area contributed by atoms with Gasteiger partial charge < -0.3 is 5.32 Å². The molecule has 1 amide bonds. The normalized spacial score (nSPS) is 10.4. The van der Waals surface area contributed by atoms with Crippen molar-refractivity contribution in [3.8, 4) is 0 Å². The molecule has 0 saturated carbocycles. The Labute approximate surface area is 119 Å². The SMILES string of the molecule is Cc1ccc(CNC(=O)c2cc(Cl)nc(Cl)c2)s1. The maximum atomic E-state index is 11.9. The fourth-order valence-corrected chi connectivity index (χ4v) is 2.74. The van der Waals surface area contributed by atoms with Crippen molar-refractivity contribution in [2.75, 3.05) is 0 Å². The summed E-state index contributed by atoms with van der Waals surface area (Å²) in [5, 5.41) is 3.23. The Balaban J connectivity index is 2.03. The zero-order valence-corrected chi connectivity index (χ0v) is 11.9. The smallest absolute Gasteiger partial charge is 0.251 e. The Hall–Kier alpha value is -1.10. The predicted octanol–water partition coefficient (Wildman–Crippen LogP) is 3.69. The summed E-state index contributed by atoms with van der Waals surface area (Å²) in [6.45, 7) is 2.52. The third-order valence-electron chi connectivity index (χ3n) is 2.24. The molecule has 0 aromatic carbocycles. The first-order chi connectivity index (χ1) is 8.54. The maximum absolute atomic E-state index is 11.9. The molecule has 2 aromatic heterocycles. The van der Waals surface area contributed by atoms with E-state index in [9.17, 15) is 4.79 Å². The first kappa shape index (κ1) is 13.3. The molecule has 1 N–H and O–H groups in total. The summed E-state index contributed by atoms with van der Waals surface area (Å²) >= 11 is 13.1. The molecule has 0 radical (unpaired) electrons. The molecule has 0 fully saturated rings. The van der Waals surface area contributed by atoms with Crippen molar-refractivity contribution in [1.29, 1.82) is 0 Å². The summed E-state index contributed by atoms with van der Waals surface area (Å²) in [6, 6.07) is 6.99. The van der Waals surface area contributed by atoms with E-state index in [0.29, 0.717) is 12.1 Å². The minimum Gasteiger partial charge on any atom is -0.347 e. The van der Waals surface area contributed by atoms with Crippen LogP contribution in [0.25, 0.3) is 0 Å². The van der Waals surface area contributed by atoms with Crippen LogP contribution >= 0.6 is 34.5 Å². The van der Waals surface area contributed by atoms with Gasteiger partial charge in [-0.15, -0.1) is 11.3 Å². The van der Waals surface area contributed by atoms with Crippen LogP contribution in [0.3, 0.4) is 0 Å². The number of thiophene rings is 1. The molecule has 2 aromatic rings. The lowest BCUT2D eigenvalue weighted by Crippen LogP contribution is -2.22. The van der Waals surface area contributed by atoms with E-state index in [4.69, 9.17) is 23.2 Å². The van der Waals surface area contributed by atoms with Gasteiger partial charge in [-0.25, -0.2) is 4.98 Å². The number of carbonyl (C=O) groups is 1. The number of pyridine rings is 1. The molecule has 18 heavy (non-hydrogen) atoms. The lowest BCUT2D eigenvalue weighted by Gasteiger charge is -2.04. The van der Waals surface area contributed by atoms with Crippen molar-refractivity contribution in [3.05, 3.63) is 49.9 Å². The zero-order chi connectivity index (χ0) is 13.1. The summed E-state index contributed by atoms with van der Waals surface area (Å²) in [7, 11) is 0. The van der Waals surface area contributed by atoms with Crippen LogP contribution in [0, 0.1) is 6.92 Å².